The van der Waals surface area contributed by atoms with Gasteiger partial charge in [-0.05, 0) is 24.2 Å². The highest BCUT2D eigenvalue weighted by Crippen LogP contribution is 2.38. The van der Waals surface area contributed by atoms with Gasteiger partial charge in [-0.25, -0.2) is 4.98 Å². The number of rotatable bonds is 2. The Morgan fingerprint density at radius 2 is 1.94 bits per heavy atom. The molecule has 1 aliphatic rings. The number of anilines is 1. The van der Waals surface area contributed by atoms with E-state index < -0.39 is 0 Å². The molecule has 0 radical (unpaired) electrons. The minimum atomic E-state index is 0.499. The first kappa shape index (κ1) is 11.4. The van der Waals surface area contributed by atoms with Crippen LogP contribution in [0.5, 0.6) is 0 Å². The molecule has 0 aromatic carbocycles. The Hall–Kier alpha value is -1.12. The maximum Gasteiger partial charge on any atom is 0.147 e. The topological polar surface area (TPSA) is 29.0 Å². The summed E-state index contributed by atoms with van der Waals surface area (Å²) in [4.78, 5) is 10.8. The van der Waals surface area contributed by atoms with Gasteiger partial charge in [-0.15, -0.1) is 0 Å². The number of hydrogen-bond donors (Lipinski definition) is 0. The molecule has 1 fully saturated rings. The molecule has 1 saturated heterocycles. The SMILES string of the molecule is CC(C)C1(C)CCN(c2cnccn2)CC1. The number of piperidine rings is 1. The molecule has 0 saturated carbocycles. The van der Waals surface area contributed by atoms with Gasteiger partial charge in [0.05, 0.1) is 6.20 Å². The summed E-state index contributed by atoms with van der Waals surface area (Å²) in [6, 6.07) is 0. The Morgan fingerprint density at radius 3 is 2.44 bits per heavy atom. The van der Waals surface area contributed by atoms with Crippen LogP contribution >= 0.6 is 0 Å². The van der Waals surface area contributed by atoms with E-state index in [0.29, 0.717) is 5.41 Å². The number of nitrogens with zero attached hydrogens (tertiary/aromatic N) is 3. The van der Waals surface area contributed by atoms with Crippen LogP contribution in [0.3, 0.4) is 0 Å². The third-order valence-electron chi connectivity index (χ3n) is 4.17. The second-order valence-electron chi connectivity index (χ2n) is 5.36. The Morgan fingerprint density at radius 1 is 1.25 bits per heavy atom. The minimum absolute atomic E-state index is 0.499. The lowest BCUT2D eigenvalue weighted by atomic mass is 9.72. The van der Waals surface area contributed by atoms with Gasteiger partial charge in [0.2, 0.25) is 0 Å². The van der Waals surface area contributed by atoms with Crippen LogP contribution in [0.2, 0.25) is 0 Å². The predicted octanol–water partition coefficient (Wildman–Crippen LogP) is 2.74. The van der Waals surface area contributed by atoms with Crippen molar-refractivity contribution >= 4 is 5.82 Å². The quantitative estimate of drug-likeness (QED) is 0.766. The number of hydrogen-bond acceptors (Lipinski definition) is 3. The van der Waals surface area contributed by atoms with Crippen molar-refractivity contribution in [2.45, 2.75) is 33.6 Å². The molecule has 0 spiro atoms. The fourth-order valence-electron chi connectivity index (χ4n) is 2.28. The first-order valence-corrected chi connectivity index (χ1v) is 6.13. The number of aromatic nitrogens is 2. The first-order valence-electron chi connectivity index (χ1n) is 6.13. The van der Waals surface area contributed by atoms with Gasteiger partial charge in [0.15, 0.2) is 0 Å². The molecule has 2 heterocycles. The highest BCUT2D eigenvalue weighted by atomic mass is 15.2. The summed E-state index contributed by atoms with van der Waals surface area (Å²) in [5, 5.41) is 0. The summed E-state index contributed by atoms with van der Waals surface area (Å²) in [7, 11) is 0. The zero-order chi connectivity index (χ0) is 11.6. The van der Waals surface area contributed by atoms with E-state index in [1.54, 1.807) is 12.4 Å². The predicted molar refractivity (Wildman–Crippen MR) is 66.4 cm³/mol. The zero-order valence-electron chi connectivity index (χ0n) is 10.5. The third-order valence-corrected chi connectivity index (χ3v) is 4.17. The molecule has 1 aromatic heterocycles. The first-order chi connectivity index (χ1) is 7.62. The molecule has 0 bridgehead atoms. The highest BCUT2D eigenvalue weighted by molar-refractivity contribution is 5.35. The van der Waals surface area contributed by atoms with Crippen molar-refractivity contribution in [3.8, 4) is 0 Å². The summed E-state index contributed by atoms with van der Waals surface area (Å²) >= 11 is 0. The molecule has 16 heavy (non-hydrogen) atoms. The molecule has 0 aliphatic carbocycles. The lowest BCUT2D eigenvalue weighted by Crippen LogP contribution is -2.41. The minimum Gasteiger partial charge on any atom is -0.355 e. The van der Waals surface area contributed by atoms with E-state index in [9.17, 15) is 0 Å². The Labute approximate surface area is 97.9 Å². The largest absolute Gasteiger partial charge is 0.355 e. The molecule has 3 nitrogen and oxygen atoms in total. The average Bonchev–Trinajstić information content (AvgIpc) is 2.31. The molecular formula is C13H21N3. The third kappa shape index (κ3) is 2.18. The van der Waals surface area contributed by atoms with Crippen LogP contribution in [0, 0.1) is 11.3 Å². The van der Waals surface area contributed by atoms with Crippen LogP contribution in [-0.2, 0) is 0 Å². The van der Waals surface area contributed by atoms with Crippen LogP contribution in [0.1, 0.15) is 33.6 Å². The molecule has 1 aliphatic heterocycles. The lowest BCUT2D eigenvalue weighted by molar-refractivity contribution is 0.165. The normalized spacial score (nSPS) is 20.1. The average molecular weight is 219 g/mol. The molecule has 0 amide bonds. The second kappa shape index (κ2) is 4.40. The fourth-order valence-corrected chi connectivity index (χ4v) is 2.28. The van der Waals surface area contributed by atoms with E-state index in [1.165, 1.54) is 12.8 Å². The maximum atomic E-state index is 4.36. The van der Waals surface area contributed by atoms with Crippen LogP contribution in [-0.4, -0.2) is 23.1 Å². The van der Waals surface area contributed by atoms with E-state index in [2.05, 4.69) is 35.6 Å². The second-order valence-corrected chi connectivity index (χ2v) is 5.36. The zero-order valence-corrected chi connectivity index (χ0v) is 10.5. The summed E-state index contributed by atoms with van der Waals surface area (Å²) < 4.78 is 0. The van der Waals surface area contributed by atoms with Gasteiger partial charge in [0, 0.05) is 25.5 Å². The summed E-state index contributed by atoms with van der Waals surface area (Å²) in [5.74, 6) is 1.78. The van der Waals surface area contributed by atoms with Gasteiger partial charge in [0.25, 0.3) is 0 Å². The Kier molecular flexibility index (Phi) is 3.13. The monoisotopic (exact) mass is 219 g/mol. The molecule has 1 aromatic rings. The molecule has 0 N–H and O–H groups in total. The van der Waals surface area contributed by atoms with Crippen molar-refractivity contribution < 1.29 is 0 Å². The smallest absolute Gasteiger partial charge is 0.147 e. The van der Waals surface area contributed by atoms with Crippen molar-refractivity contribution in [3.63, 3.8) is 0 Å². The van der Waals surface area contributed by atoms with Gasteiger partial charge in [-0.3, -0.25) is 4.98 Å². The van der Waals surface area contributed by atoms with E-state index in [-0.39, 0.29) is 0 Å². The molecular weight excluding hydrogens is 198 g/mol. The van der Waals surface area contributed by atoms with Gasteiger partial charge in [-0.2, -0.15) is 0 Å². The summed E-state index contributed by atoms with van der Waals surface area (Å²) in [6.45, 7) is 9.28. The van der Waals surface area contributed by atoms with Gasteiger partial charge >= 0.3 is 0 Å². The molecule has 2 rings (SSSR count). The van der Waals surface area contributed by atoms with Gasteiger partial charge < -0.3 is 4.90 Å². The molecule has 0 atom stereocenters. The van der Waals surface area contributed by atoms with Crippen LogP contribution in [0.15, 0.2) is 18.6 Å². The molecule has 0 unspecified atom stereocenters. The molecule has 3 heteroatoms. The maximum absolute atomic E-state index is 4.36. The van der Waals surface area contributed by atoms with Crippen LogP contribution in [0.4, 0.5) is 5.82 Å². The summed E-state index contributed by atoms with van der Waals surface area (Å²) in [6.07, 6.45) is 7.86. The Balaban J connectivity index is 2.01. The van der Waals surface area contributed by atoms with Crippen molar-refractivity contribution in [1.82, 2.24) is 9.97 Å². The van der Waals surface area contributed by atoms with Crippen LogP contribution in [0.25, 0.3) is 0 Å². The lowest BCUT2D eigenvalue weighted by Gasteiger charge is -2.42. The van der Waals surface area contributed by atoms with E-state index in [0.717, 1.165) is 24.8 Å². The molecule has 88 valence electrons. The van der Waals surface area contributed by atoms with Gasteiger partial charge in [0.1, 0.15) is 5.82 Å². The van der Waals surface area contributed by atoms with E-state index in [4.69, 9.17) is 0 Å². The highest BCUT2D eigenvalue weighted by Gasteiger charge is 2.33. The van der Waals surface area contributed by atoms with Crippen molar-refractivity contribution in [2.24, 2.45) is 11.3 Å². The van der Waals surface area contributed by atoms with Crippen LogP contribution < -0.4 is 4.90 Å². The van der Waals surface area contributed by atoms with Crippen molar-refractivity contribution in [1.29, 1.82) is 0 Å². The standard InChI is InChI=1S/C13H21N3/c1-11(2)13(3)4-8-16(9-5-13)12-10-14-6-7-15-12/h6-7,10-11H,4-5,8-9H2,1-3H3. The Bertz CT molecular complexity index is 326. The van der Waals surface area contributed by atoms with Crippen molar-refractivity contribution in [2.75, 3.05) is 18.0 Å². The summed E-state index contributed by atoms with van der Waals surface area (Å²) in [5.41, 5.74) is 0.499. The van der Waals surface area contributed by atoms with E-state index >= 15 is 0 Å². The fraction of sp³-hybridized carbons (Fsp3) is 0.692. The van der Waals surface area contributed by atoms with Gasteiger partial charge in [-0.1, -0.05) is 20.8 Å². The van der Waals surface area contributed by atoms with Crippen molar-refractivity contribution in [3.05, 3.63) is 18.6 Å². The van der Waals surface area contributed by atoms with E-state index in [1.807, 2.05) is 6.20 Å².